The fraction of sp³-hybridized carbons (Fsp3) is 0.136. The number of anilines is 1. The van der Waals surface area contributed by atoms with E-state index < -0.39 is 0 Å². The van der Waals surface area contributed by atoms with Crippen molar-refractivity contribution in [1.29, 1.82) is 0 Å². The van der Waals surface area contributed by atoms with Crippen molar-refractivity contribution in [3.63, 3.8) is 0 Å². The lowest BCUT2D eigenvalue weighted by atomic mass is 10.1. The summed E-state index contributed by atoms with van der Waals surface area (Å²) in [4.78, 5) is 24.9. The number of ether oxygens (including phenoxy) is 1. The largest absolute Gasteiger partial charge is 0.492 e. The van der Waals surface area contributed by atoms with Gasteiger partial charge in [0.1, 0.15) is 11.6 Å². The molecule has 0 aliphatic carbocycles. The van der Waals surface area contributed by atoms with Gasteiger partial charge in [-0.1, -0.05) is 23.7 Å². The normalized spacial score (nSPS) is 12.6. The number of benzene rings is 2. The molecule has 7 heteroatoms. The highest BCUT2D eigenvalue weighted by molar-refractivity contribution is 6.33. The Bertz CT molecular complexity index is 1270. The van der Waals surface area contributed by atoms with Crippen LogP contribution < -0.4 is 10.1 Å². The van der Waals surface area contributed by atoms with Crippen molar-refractivity contribution >= 4 is 34.4 Å². The molecule has 1 aliphatic heterocycles. The highest BCUT2D eigenvalue weighted by Crippen LogP contribution is 2.32. The summed E-state index contributed by atoms with van der Waals surface area (Å²) in [5.41, 5.74) is 5.39. The van der Waals surface area contributed by atoms with Crippen LogP contribution in [0.2, 0.25) is 5.02 Å². The van der Waals surface area contributed by atoms with Gasteiger partial charge in [-0.25, -0.2) is 9.97 Å². The molecular weight excluding hydrogens is 388 g/mol. The number of halogens is 1. The first-order chi connectivity index (χ1) is 14.1. The molecule has 0 saturated heterocycles. The zero-order valence-corrected chi connectivity index (χ0v) is 16.4. The predicted octanol–water partition coefficient (Wildman–Crippen LogP) is 4.77. The molecule has 29 heavy (non-hydrogen) atoms. The number of aryl methyl sites for hydroxylation is 1. The van der Waals surface area contributed by atoms with Crippen molar-refractivity contribution < 1.29 is 9.53 Å². The standard InChI is InChI=1S/C22H17ClN4O2/c1-12-9-18-21(24-11-12)27-20(26-18)16-10-14(5-6-17(16)23)25-22(28)15-4-2-3-13-7-8-29-19(13)15/h2-6,9-11H,7-8H2,1H3,(H,25,28)(H,24,26,27). The highest BCUT2D eigenvalue weighted by Gasteiger charge is 2.21. The van der Waals surface area contributed by atoms with Crippen LogP contribution in [-0.2, 0) is 6.42 Å². The molecule has 0 saturated carbocycles. The summed E-state index contributed by atoms with van der Waals surface area (Å²) in [5, 5.41) is 3.46. The smallest absolute Gasteiger partial charge is 0.259 e. The molecule has 2 N–H and O–H groups in total. The quantitative estimate of drug-likeness (QED) is 0.515. The van der Waals surface area contributed by atoms with Crippen molar-refractivity contribution in [1.82, 2.24) is 15.0 Å². The maximum Gasteiger partial charge on any atom is 0.259 e. The summed E-state index contributed by atoms with van der Waals surface area (Å²) in [6.45, 7) is 2.57. The maximum absolute atomic E-state index is 12.8. The molecule has 6 nitrogen and oxygen atoms in total. The minimum Gasteiger partial charge on any atom is -0.492 e. The number of carbonyl (C=O) groups excluding carboxylic acids is 1. The third-order valence-electron chi connectivity index (χ3n) is 4.91. The first-order valence-corrected chi connectivity index (χ1v) is 9.64. The van der Waals surface area contributed by atoms with Gasteiger partial charge in [0.2, 0.25) is 0 Å². The van der Waals surface area contributed by atoms with E-state index in [1.807, 2.05) is 25.1 Å². The molecule has 0 atom stereocenters. The van der Waals surface area contributed by atoms with E-state index in [9.17, 15) is 4.79 Å². The van der Waals surface area contributed by atoms with Gasteiger partial charge in [0, 0.05) is 23.9 Å². The lowest BCUT2D eigenvalue weighted by Crippen LogP contribution is -2.13. The van der Waals surface area contributed by atoms with Crippen LogP contribution in [0, 0.1) is 6.92 Å². The minimum absolute atomic E-state index is 0.223. The van der Waals surface area contributed by atoms with E-state index in [0.717, 1.165) is 23.1 Å². The van der Waals surface area contributed by atoms with Crippen LogP contribution in [-0.4, -0.2) is 27.5 Å². The number of para-hydroxylation sites is 1. The molecule has 0 bridgehead atoms. The predicted molar refractivity (Wildman–Crippen MR) is 113 cm³/mol. The Labute approximate surface area is 171 Å². The van der Waals surface area contributed by atoms with Gasteiger partial charge in [0.15, 0.2) is 5.65 Å². The van der Waals surface area contributed by atoms with Crippen molar-refractivity contribution in [3.05, 3.63) is 70.4 Å². The number of aromatic amines is 1. The van der Waals surface area contributed by atoms with E-state index in [4.69, 9.17) is 16.3 Å². The molecule has 4 aromatic rings. The van der Waals surface area contributed by atoms with Crippen LogP contribution in [0.4, 0.5) is 5.69 Å². The Kier molecular flexibility index (Phi) is 4.21. The average molecular weight is 405 g/mol. The number of hydrogen-bond acceptors (Lipinski definition) is 4. The van der Waals surface area contributed by atoms with Gasteiger partial charge >= 0.3 is 0 Å². The van der Waals surface area contributed by atoms with Crippen molar-refractivity contribution in [2.75, 3.05) is 11.9 Å². The molecule has 2 aromatic carbocycles. The van der Waals surface area contributed by atoms with Crippen LogP contribution in [0.15, 0.2) is 48.7 Å². The van der Waals surface area contributed by atoms with Crippen molar-refractivity contribution in [2.24, 2.45) is 0 Å². The molecular formula is C22H17ClN4O2. The van der Waals surface area contributed by atoms with Crippen LogP contribution in [0.1, 0.15) is 21.5 Å². The second-order valence-electron chi connectivity index (χ2n) is 7.01. The number of hydrogen-bond donors (Lipinski definition) is 2. The molecule has 0 unspecified atom stereocenters. The van der Waals surface area contributed by atoms with Gasteiger partial charge in [0.25, 0.3) is 5.91 Å². The van der Waals surface area contributed by atoms with Gasteiger partial charge in [-0.05, 0) is 48.4 Å². The number of rotatable bonds is 3. The number of nitrogens with one attached hydrogen (secondary N) is 2. The van der Waals surface area contributed by atoms with E-state index in [0.29, 0.717) is 45.7 Å². The topological polar surface area (TPSA) is 79.9 Å². The molecule has 1 aliphatic rings. The molecule has 5 rings (SSSR count). The van der Waals surface area contributed by atoms with Gasteiger partial charge in [-0.3, -0.25) is 4.79 Å². The number of nitrogens with zero attached hydrogens (tertiary/aromatic N) is 2. The van der Waals surface area contributed by atoms with Crippen molar-refractivity contribution in [2.45, 2.75) is 13.3 Å². The fourth-order valence-electron chi connectivity index (χ4n) is 3.51. The summed E-state index contributed by atoms with van der Waals surface area (Å²) in [5.74, 6) is 1.04. The third-order valence-corrected chi connectivity index (χ3v) is 5.24. The van der Waals surface area contributed by atoms with Gasteiger partial charge < -0.3 is 15.0 Å². The monoisotopic (exact) mass is 404 g/mol. The number of H-pyrrole nitrogens is 1. The van der Waals surface area contributed by atoms with E-state index in [1.165, 1.54) is 0 Å². The number of amides is 1. The third kappa shape index (κ3) is 3.21. The molecule has 0 radical (unpaired) electrons. The van der Waals surface area contributed by atoms with E-state index in [1.54, 1.807) is 30.5 Å². The lowest BCUT2D eigenvalue weighted by Gasteiger charge is -2.10. The maximum atomic E-state index is 12.8. The summed E-state index contributed by atoms with van der Waals surface area (Å²) >= 11 is 6.41. The summed E-state index contributed by atoms with van der Waals surface area (Å²) in [6, 6.07) is 12.9. The Balaban J connectivity index is 1.48. The highest BCUT2D eigenvalue weighted by atomic mass is 35.5. The zero-order valence-electron chi connectivity index (χ0n) is 15.6. The Hall–Kier alpha value is -3.38. The van der Waals surface area contributed by atoms with Gasteiger partial charge in [-0.2, -0.15) is 0 Å². The first kappa shape index (κ1) is 17.7. The van der Waals surface area contributed by atoms with Crippen molar-refractivity contribution in [3.8, 4) is 17.1 Å². The first-order valence-electron chi connectivity index (χ1n) is 9.27. The Morgan fingerprint density at radius 2 is 2.14 bits per heavy atom. The number of fused-ring (bicyclic) bond motifs is 2. The van der Waals surface area contributed by atoms with E-state index in [-0.39, 0.29) is 5.91 Å². The molecule has 144 valence electrons. The van der Waals surface area contributed by atoms with Gasteiger partial charge in [-0.15, -0.1) is 0 Å². The number of aromatic nitrogens is 3. The van der Waals surface area contributed by atoms with E-state index >= 15 is 0 Å². The molecule has 3 heterocycles. The zero-order chi connectivity index (χ0) is 20.0. The molecule has 0 fully saturated rings. The van der Waals surface area contributed by atoms with E-state index in [2.05, 4.69) is 20.3 Å². The SMILES string of the molecule is Cc1cnc2nc(-c3cc(NC(=O)c4cccc5c4OCC5)ccc3Cl)[nH]c2c1. The fourth-order valence-corrected chi connectivity index (χ4v) is 3.72. The van der Waals surface area contributed by atoms with Crippen LogP contribution in [0.5, 0.6) is 5.75 Å². The van der Waals surface area contributed by atoms with Crippen LogP contribution >= 0.6 is 11.6 Å². The number of carbonyl (C=O) groups is 1. The minimum atomic E-state index is -0.223. The number of imidazole rings is 1. The van der Waals surface area contributed by atoms with Crippen LogP contribution in [0.3, 0.4) is 0 Å². The molecule has 1 amide bonds. The summed E-state index contributed by atoms with van der Waals surface area (Å²) < 4.78 is 5.64. The van der Waals surface area contributed by atoms with Crippen LogP contribution in [0.25, 0.3) is 22.6 Å². The summed E-state index contributed by atoms with van der Waals surface area (Å²) in [6.07, 6.45) is 2.59. The Morgan fingerprint density at radius 1 is 1.24 bits per heavy atom. The second kappa shape index (κ2) is 6.90. The summed E-state index contributed by atoms with van der Waals surface area (Å²) in [7, 11) is 0. The lowest BCUT2D eigenvalue weighted by molar-refractivity contribution is 0.102. The molecule has 2 aromatic heterocycles. The van der Waals surface area contributed by atoms with Gasteiger partial charge in [0.05, 0.1) is 22.7 Å². The Morgan fingerprint density at radius 3 is 3.03 bits per heavy atom. The second-order valence-corrected chi connectivity index (χ2v) is 7.42. The molecule has 0 spiro atoms. The number of pyridine rings is 1. The average Bonchev–Trinajstić information content (AvgIpc) is 3.35.